The minimum Gasteiger partial charge on any atom is -0.320 e. The van der Waals surface area contributed by atoms with E-state index >= 15 is 0 Å². The number of piperidine rings is 3. The Bertz CT molecular complexity index is 173. The molecule has 1 unspecified atom stereocenters. The van der Waals surface area contributed by atoms with Crippen LogP contribution in [0.5, 0.6) is 0 Å². The normalized spacial score (nSPS) is 34.6. The Morgan fingerprint density at radius 3 is 2.53 bits per heavy atom. The molecule has 3 heterocycles. The lowest BCUT2D eigenvalue weighted by Crippen LogP contribution is -3.20. The summed E-state index contributed by atoms with van der Waals surface area (Å²) in [6, 6.07) is 0. The van der Waals surface area contributed by atoms with Crippen LogP contribution in [0.15, 0.2) is 0 Å². The third-order valence-electron chi connectivity index (χ3n) is 4.23. The molecule has 0 amide bonds. The van der Waals surface area contributed by atoms with Crippen molar-refractivity contribution in [2.75, 3.05) is 19.6 Å². The maximum Gasteiger partial charge on any atom is 0.141 e. The molecule has 2 N–H and O–H groups in total. The second kappa shape index (κ2) is 5.86. The maximum atomic E-state index is 3.77. The molecule has 88 valence electrons. The van der Waals surface area contributed by atoms with Gasteiger partial charge in [0.2, 0.25) is 0 Å². The van der Waals surface area contributed by atoms with E-state index in [1.807, 2.05) is 4.90 Å². The van der Waals surface area contributed by atoms with Crippen molar-refractivity contribution in [2.45, 2.75) is 58.0 Å². The third-order valence-corrected chi connectivity index (χ3v) is 4.23. The Morgan fingerprint density at radius 2 is 1.93 bits per heavy atom. The lowest BCUT2D eigenvalue weighted by atomic mass is 9.86. The van der Waals surface area contributed by atoms with Gasteiger partial charge in [-0.05, 0) is 25.2 Å². The highest BCUT2D eigenvalue weighted by atomic mass is 15.3. The maximum absolute atomic E-state index is 3.77. The van der Waals surface area contributed by atoms with Crippen LogP contribution in [-0.2, 0) is 0 Å². The summed E-state index contributed by atoms with van der Waals surface area (Å²) in [6.07, 6.45) is 10.8. The largest absolute Gasteiger partial charge is 0.320 e. The van der Waals surface area contributed by atoms with Crippen LogP contribution in [-0.4, -0.2) is 25.8 Å². The average molecular weight is 211 g/mol. The number of hydrogen-bond acceptors (Lipinski definition) is 1. The fourth-order valence-electron chi connectivity index (χ4n) is 3.19. The molecule has 0 aliphatic carbocycles. The van der Waals surface area contributed by atoms with Crippen molar-refractivity contribution >= 4 is 0 Å². The van der Waals surface area contributed by atoms with E-state index in [1.165, 1.54) is 64.6 Å². The van der Waals surface area contributed by atoms with Crippen molar-refractivity contribution in [1.82, 2.24) is 5.32 Å². The van der Waals surface area contributed by atoms with Crippen molar-refractivity contribution in [3.05, 3.63) is 0 Å². The molecule has 0 aromatic carbocycles. The fraction of sp³-hybridized carbons (Fsp3) is 1.00. The van der Waals surface area contributed by atoms with Crippen LogP contribution in [0.4, 0.5) is 0 Å². The number of nitrogens with one attached hydrogen (secondary N) is 2. The summed E-state index contributed by atoms with van der Waals surface area (Å²) >= 11 is 0. The molecule has 0 spiro atoms. The lowest BCUT2D eigenvalue weighted by molar-refractivity contribution is -0.945. The summed E-state index contributed by atoms with van der Waals surface area (Å²) in [4.78, 5) is 1.84. The van der Waals surface area contributed by atoms with Crippen LogP contribution in [0.2, 0.25) is 0 Å². The van der Waals surface area contributed by atoms with E-state index in [0.717, 1.165) is 12.1 Å². The van der Waals surface area contributed by atoms with Crippen LogP contribution in [0.25, 0.3) is 0 Å². The zero-order valence-electron chi connectivity index (χ0n) is 10.2. The minimum absolute atomic E-state index is 0.805. The number of quaternary nitrogens is 1. The van der Waals surface area contributed by atoms with Crippen molar-refractivity contribution < 1.29 is 4.90 Å². The van der Waals surface area contributed by atoms with E-state index in [4.69, 9.17) is 0 Å². The van der Waals surface area contributed by atoms with Gasteiger partial charge in [-0.1, -0.05) is 26.2 Å². The summed E-state index contributed by atoms with van der Waals surface area (Å²) in [7, 11) is 0. The predicted octanol–water partition coefficient (Wildman–Crippen LogP) is 1.18. The zero-order valence-corrected chi connectivity index (χ0v) is 10.2. The van der Waals surface area contributed by atoms with Gasteiger partial charge in [-0.3, -0.25) is 5.32 Å². The molecule has 1 atom stereocenters. The standard InChI is InChI=1S/C13H26N2/c1-2-3-4-5-8-14-13-11-12-6-9-15(13)10-7-12/h12-14H,2-11H2,1H3/p+1. The summed E-state index contributed by atoms with van der Waals surface area (Å²) in [6.45, 7) is 6.39. The minimum atomic E-state index is 0.805. The van der Waals surface area contributed by atoms with Crippen LogP contribution in [0.3, 0.4) is 0 Å². The quantitative estimate of drug-likeness (QED) is 0.631. The summed E-state index contributed by atoms with van der Waals surface area (Å²) in [5, 5.41) is 3.77. The molecule has 0 aromatic heterocycles. The Morgan fingerprint density at radius 1 is 1.13 bits per heavy atom. The molecule has 3 aliphatic rings. The second-order valence-electron chi connectivity index (χ2n) is 5.40. The molecule has 2 heteroatoms. The van der Waals surface area contributed by atoms with Crippen molar-refractivity contribution in [3.8, 4) is 0 Å². The lowest BCUT2D eigenvalue weighted by Gasteiger charge is -2.42. The highest BCUT2D eigenvalue weighted by molar-refractivity contribution is 4.73. The molecule has 2 bridgehead atoms. The first-order valence-corrected chi connectivity index (χ1v) is 6.98. The fourth-order valence-corrected chi connectivity index (χ4v) is 3.19. The van der Waals surface area contributed by atoms with Crippen molar-refractivity contribution in [1.29, 1.82) is 0 Å². The third kappa shape index (κ3) is 3.18. The molecular weight excluding hydrogens is 184 g/mol. The van der Waals surface area contributed by atoms with Crippen LogP contribution in [0.1, 0.15) is 51.9 Å². The van der Waals surface area contributed by atoms with Crippen LogP contribution in [0, 0.1) is 5.92 Å². The van der Waals surface area contributed by atoms with Crippen LogP contribution < -0.4 is 10.2 Å². The van der Waals surface area contributed by atoms with Gasteiger partial charge < -0.3 is 4.90 Å². The Kier molecular flexibility index (Phi) is 4.45. The van der Waals surface area contributed by atoms with E-state index < -0.39 is 0 Å². The van der Waals surface area contributed by atoms with Gasteiger partial charge in [0.1, 0.15) is 6.17 Å². The van der Waals surface area contributed by atoms with Gasteiger partial charge in [-0.25, -0.2) is 0 Å². The number of fused-ring (bicyclic) bond motifs is 3. The predicted molar refractivity (Wildman–Crippen MR) is 64.0 cm³/mol. The summed E-state index contributed by atoms with van der Waals surface area (Å²) < 4.78 is 0. The van der Waals surface area contributed by atoms with E-state index in [9.17, 15) is 0 Å². The van der Waals surface area contributed by atoms with Gasteiger partial charge in [0.25, 0.3) is 0 Å². The zero-order chi connectivity index (χ0) is 10.5. The van der Waals surface area contributed by atoms with Gasteiger partial charge in [-0.15, -0.1) is 0 Å². The first-order chi connectivity index (χ1) is 7.40. The van der Waals surface area contributed by atoms with E-state index in [1.54, 1.807) is 0 Å². The molecular formula is C13H27N2+. The summed E-state index contributed by atoms with van der Waals surface area (Å²) in [5.41, 5.74) is 0. The molecule has 2 nitrogen and oxygen atoms in total. The van der Waals surface area contributed by atoms with E-state index in [0.29, 0.717) is 0 Å². The van der Waals surface area contributed by atoms with Crippen molar-refractivity contribution in [3.63, 3.8) is 0 Å². The Hall–Kier alpha value is -0.0800. The molecule has 3 rings (SSSR count). The highest BCUT2D eigenvalue weighted by Crippen LogP contribution is 2.19. The van der Waals surface area contributed by atoms with E-state index in [2.05, 4.69) is 12.2 Å². The topological polar surface area (TPSA) is 16.5 Å². The first-order valence-electron chi connectivity index (χ1n) is 6.98. The van der Waals surface area contributed by atoms with Crippen LogP contribution >= 0.6 is 0 Å². The highest BCUT2D eigenvalue weighted by Gasteiger charge is 2.36. The first kappa shape index (κ1) is 11.4. The molecule has 0 aromatic rings. The van der Waals surface area contributed by atoms with Gasteiger partial charge in [-0.2, -0.15) is 0 Å². The second-order valence-corrected chi connectivity index (χ2v) is 5.40. The molecule has 3 saturated heterocycles. The van der Waals surface area contributed by atoms with Gasteiger partial charge >= 0.3 is 0 Å². The SMILES string of the molecule is CCCCCCNC1CC2CC[NH+]1CC2. The molecule has 15 heavy (non-hydrogen) atoms. The molecule has 0 saturated carbocycles. The smallest absolute Gasteiger partial charge is 0.141 e. The van der Waals surface area contributed by atoms with Gasteiger partial charge in [0.05, 0.1) is 13.1 Å². The monoisotopic (exact) mass is 211 g/mol. The Labute approximate surface area is 94.4 Å². The molecule has 0 radical (unpaired) electrons. The number of rotatable bonds is 6. The number of unbranched alkanes of at least 4 members (excludes halogenated alkanes) is 3. The van der Waals surface area contributed by atoms with E-state index in [-0.39, 0.29) is 0 Å². The molecule has 3 aliphatic heterocycles. The van der Waals surface area contributed by atoms with Gasteiger partial charge in [0.15, 0.2) is 0 Å². The van der Waals surface area contributed by atoms with Gasteiger partial charge in [0, 0.05) is 13.0 Å². The Balaban J connectivity index is 1.59. The summed E-state index contributed by atoms with van der Waals surface area (Å²) in [5.74, 6) is 1.05. The molecule has 3 fully saturated rings. The van der Waals surface area contributed by atoms with Crippen molar-refractivity contribution in [2.24, 2.45) is 5.92 Å². The number of hydrogen-bond donors (Lipinski definition) is 2. The average Bonchev–Trinajstić information content (AvgIpc) is 2.30.